The van der Waals surface area contributed by atoms with E-state index in [2.05, 4.69) is 15.5 Å². The Hall–Kier alpha value is -1.92. The molecule has 112 valence electrons. The number of carbonyl (C=O) groups is 2. The van der Waals surface area contributed by atoms with Crippen LogP contribution in [0, 0.1) is 11.3 Å². The van der Waals surface area contributed by atoms with Crippen LogP contribution in [0.3, 0.4) is 0 Å². The molecule has 1 heterocycles. The molecular formula is C13H21N3O4. The molecule has 1 N–H and O–H groups in total. The molecular weight excluding hydrogens is 262 g/mol. The minimum atomic E-state index is -0.842. The predicted molar refractivity (Wildman–Crippen MR) is 70.6 cm³/mol. The Morgan fingerprint density at radius 3 is 2.65 bits per heavy atom. The van der Waals surface area contributed by atoms with Crippen LogP contribution in [0.2, 0.25) is 0 Å². The van der Waals surface area contributed by atoms with Gasteiger partial charge in [-0.15, -0.1) is 0 Å². The zero-order chi connectivity index (χ0) is 15.2. The number of nitrogens with one attached hydrogen (secondary N) is 1. The molecule has 0 spiro atoms. The molecule has 1 atom stereocenters. The fraction of sp³-hybridized carbons (Fsp3) is 0.692. The van der Waals surface area contributed by atoms with Gasteiger partial charge >= 0.3 is 5.97 Å². The van der Waals surface area contributed by atoms with Crippen molar-refractivity contribution in [3.05, 3.63) is 12.2 Å². The summed E-state index contributed by atoms with van der Waals surface area (Å²) in [4.78, 5) is 27.9. The molecule has 0 aliphatic carbocycles. The SMILES string of the molecule is CCOC(=O)C(C(=O)NCCc1ncno1)C(C)(C)C. The van der Waals surface area contributed by atoms with E-state index in [-0.39, 0.29) is 12.5 Å². The van der Waals surface area contributed by atoms with E-state index in [4.69, 9.17) is 9.26 Å². The lowest BCUT2D eigenvalue weighted by Crippen LogP contribution is -2.44. The molecule has 0 radical (unpaired) electrons. The first-order chi connectivity index (χ1) is 9.36. The quantitative estimate of drug-likeness (QED) is 0.617. The molecule has 1 aromatic rings. The maximum atomic E-state index is 12.2. The molecule has 1 amide bonds. The summed E-state index contributed by atoms with van der Waals surface area (Å²) >= 11 is 0. The molecule has 0 saturated heterocycles. The smallest absolute Gasteiger partial charge is 0.319 e. The lowest BCUT2D eigenvalue weighted by molar-refractivity contribution is -0.156. The number of carbonyl (C=O) groups excluding carboxylic acids is 2. The zero-order valence-corrected chi connectivity index (χ0v) is 12.3. The molecule has 20 heavy (non-hydrogen) atoms. The van der Waals surface area contributed by atoms with Gasteiger partial charge in [0.1, 0.15) is 5.92 Å². The fourth-order valence-electron chi connectivity index (χ4n) is 1.78. The van der Waals surface area contributed by atoms with E-state index in [0.29, 0.717) is 18.9 Å². The van der Waals surface area contributed by atoms with Crippen molar-refractivity contribution >= 4 is 11.9 Å². The molecule has 0 aliphatic rings. The van der Waals surface area contributed by atoms with Crippen molar-refractivity contribution in [3.8, 4) is 0 Å². The van der Waals surface area contributed by atoms with Gasteiger partial charge in [0.05, 0.1) is 6.61 Å². The van der Waals surface area contributed by atoms with Crippen molar-refractivity contribution in [2.24, 2.45) is 11.3 Å². The maximum absolute atomic E-state index is 12.2. The first kappa shape index (κ1) is 16.1. The van der Waals surface area contributed by atoms with Gasteiger partial charge in [0.2, 0.25) is 11.8 Å². The van der Waals surface area contributed by atoms with E-state index in [9.17, 15) is 9.59 Å². The van der Waals surface area contributed by atoms with Crippen molar-refractivity contribution < 1.29 is 18.8 Å². The predicted octanol–water partition coefficient (Wildman–Crippen LogP) is 0.954. The second kappa shape index (κ2) is 7.02. The van der Waals surface area contributed by atoms with Gasteiger partial charge in [0.25, 0.3) is 0 Å². The van der Waals surface area contributed by atoms with Crippen molar-refractivity contribution in [1.29, 1.82) is 0 Å². The molecule has 7 nitrogen and oxygen atoms in total. The molecule has 7 heteroatoms. The molecule has 0 aromatic carbocycles. The second-order valence-corrected chi connectivity index (χ2v) is 5.43. The highest BCUT2D eigenvalue weighted by molar-refractivity contribution is 5.98. The summed E-state index contributed by atoms with van der Waals surface area (Å²) in [5.41, 5.74) is -0.513. The van der Waals surface area contributed by atoms with Crippen LogP contribution in [0.1, 0.15) is 33.6 Å². The summed E-state index contributed by atoms with van der Waals surface area (Å²) in [6.45, 7) is 7.77. The van der Waals surface area contributed by atoms with E-state index in [0.717, 1.165) is 0 Å². The van der Waals surface area contributed by atoms with Crippen molar-refractivity contribution in [2.75, 3.05) is 13.2 Å². The summed E-state index contributed by atoms with van der Waals surface area (Å²) in [7, 11) is 0. The lowest BCUT2D eigenvalue weighted by Gasteiger charge is -2.27. The third-order valence-corrected chi connectivity index (χ3v) is 2.70. The molecule has 1 aromatic heterocycles. The monoisotopic (exact) mass is 283 g/mol. The van der Waals surface area contributed by atoms with Crippen LogP contribution in [0.4, 0.5) is 0 Å². The van der Waals surface area contributed by atoms with Gasteiger partial charge in [-0.25, -0.2) is 0 Å². The van der Waals surface area contributed by atoms with Crippen LogP contribution < -0.4 is 5.32 Å². The van der Waals surface area contributed by atoms with E-state index < -0.39 is 17.3 Å². The van der Waals surface area contributed by atoms with Gasteiger partial charge < -0.3 is 14.6 Å². The van der Waals surface area contributed by atoms with Gasteiger partial charge in [-0.3, -0.25) is 9.59 Å². The number of ether oxygens (including phenoxy) is 1. The van der Waals surface area contributed by atoms with Crippen LogP contribution in [-0.2, 0) is 20.7 Å². The third-order valence-electron chi connectivity index (χ3n) is 2.70. The number of esters is 1. The summed E-state index contributed by atoms with van der Waals surface area (Å²) in [5.74, 6) is -1.26. The Bertz CT molecular complexity index is 437. The number of rotatable bonds is 6. The summed E-state index contributed by atoms with van der Waals surface area (Å²) in [5, 5.41) is 6.17. The van der Waals surface area contributed by atoms with E-state index in [1.54, 1.807) is 6.92 Å². The summed E-state index contributed by atoms with van der Waals surface area (Å²) < 4.78 is 9.79. The van der Waals surface area contributed by atoms with Gasteiger partial charge in [0, 0.05) is 13.0 Å². The van der Waals surface area contributed by atoms with Crippen molar-refractivity contribution in [2.45, 2.75) is 34.1 Å². The van der Waals surface area contributed by atoms with Gasteiger partial charge in [-0.2, -0.15) is 4.98 Å². The molecule has 0 aliphatic heterocycles. The fourth-order valence-corrected chi connectivity index (χ4v) is 1.78. The van der Waals surface area contributed by atoms with Crippen molar-refractivity contribution in [3.63, 3.8) is 0 Å². The Morgan fingerprint density at radius 1 is 1.45 bits per heavy atom. The van der Waals surface area contributed by atoms with Gasteiger partial charge in [-0.05, 0) is 12.3 Å². The zero-order valence-electron chi connectivity index (χ0n) is 12.3. The Labute approximate surface area is 118 Å². The first-order valence-electron chi connectivity index (χ1n) is 6.56. The number of aromatic nitrogens is 2. The standard InChI is InChI=1S/C13H21N3O4/c1-5-19-12(18)10(13(2,3)4)11(17)14-7-6-9-15-8-16-20-9/h8,10H,5-7H2,1-4H3,(H,14,17). The van der Waals surface area contributed by atoms with Crippen LogP contribution in [0.25, 0.3) is 0 Å². The van der Waals surface area contributed by atoms with E-state index in [1.807, 2.05) is 20.8 Å². The Balaban J connectivity index is 2.57. The molecule has 0 fully saturated rings. The van der Waals surface area contributed by atoms with Crippen LogP contribution in [0.15, 0.2) is 10.9 Å². The van der Waals surface area contributed by atoms with Gasteiger partial charge in [0.15, 0.2) is 6.33 Å². The van der Waals surface area contributed by atoms with E-state index in [1.165, 1.54) is 6.33 Å². The number of hydrogen-bond donors (Lipinski definition) is 1. The highest BCUT2D eigenvalue weighted by atomic mass is 16.5. The Kier molecular flexibility index (Phi) is 5.66. The van der Waals surface area contributed by atoms with Crippen molar-refractivity contribution in [1.82, 2.24) is 15.5 Å². The Morgan fingerprint density at radius 2 is 2.15 bits per heavy atom. The van der Waals surface area contributed by atoms with Crippen LogP contribution in [-0.4, -0.2) is 35.2 Å². The largest absolute Gasteiger partial charge is 0.465 e. The first-order valence-corrected chi connectivity index (χ1v) is 6.56. The van der Waals surface area contributed by atoms with E-state index >= 15 is 0 Å². The number of nitrogens with zero attached hydrogens (tertiary/aromatic N) is 2. The lowest BCUT2D eigenvalue weighted by atomic mass is 9.80. The maximum Gasteiger partial charge on any atom is 0.319 e. The third kappa shape index (κ3) is 4.64. The number of amides is 1. The van der Waals surface area contributed by atoms with Crippen LogP contribution in [0.5, 0.6) is 0 Å². The average Bonchev–Trinajstić information content (AvgIpc) is 2.80. The highest BCUT2D eigenvalue weighted by Gasteiger charge is 2.38. The minimum absolute atomic E-state index is 0.251. The number of hydrogen-bond acceptors (Lipinski definition) is 6. The second-order valence-electron chi connectivity index (χ2n) is 5.43. The summed E-state index contributed by atoms with van der Waals surface area (Å²) in [6, 6.07) is 0. The normalized spacial score (nSPS) is 12.8. The molecule has 0 bridgehead atoms. The molecule has 1 rings (SSSR count). The highest BCUT2D eigenvalue weighted by Crippen LogP contribution is 2.27. The average molecular weight is 283 g/mol. The minimum Gasteiger partial charge on any atom is -0.465 e. The summed E-state index contributed by atoms with van der Waals surface area (Å²) in [6.07, 6.45) is 1.72. The topological polar surface area (TPSA) is 94.3 Å². The van der Waals surface area contributed by atoms with Crippen LogP contribution >= 0.6 is 0 Å². The molecule has 1 unspecified atom stereocenters. The van der Waals surface area contributed by atoms with Gasteiger partial charge in [-0.1, -0.05) is 25.9 Å². The molecule has 0 saturated carbocycles.